The second kappa shape index (κ2) is 6.69. The van der Waals surface area contributed by atoms with Crippen LogP contribution in [-0.2, 0) is 16.2 Å². The summed E-state index contributed by atoms with van der Waals surface area (Å²) in [5.74, 6) is -1.19. The number of benzene rings is 1. The standard InChI is InChI=1S/C12H14F4N2O2S.ClH/c1-8-7-17-4-5-18(8)21(19,20)11-6-9(12(14,15)16)2-3-10(11)13;/h2-3,6,8,17H,4-5,7H2,1H3;1H. The van der Waals surface area contributed by atoms with Gasteiger partial charge in [-0.1, -0.05) is 0 Å². The average molecular weight is 363 g/mol. The molecule has 1 aliphatic rings. The summed E-state index contributed by atoms with van der Waals surface area (Å²) in [6, 6.07) is 0.940. The number of nitrogens with zero attached hydrogens (tertiary/aromatic N) is 1. The molecule has 0 spiro atoms. The third-order valence-corrected chi connectivity index (χ3v) is 5.31. The molecule has 0 amide bonds. The van der Waals surface area contributed by atoms with Gasteiger partial charge in [0.1, 0.15) is 10.7 Å². The normalized spacial score (nSPS) is 20.5. The number of sulfonamides is 1. The van der Waals surface area contributed by atoms with E-state index >= 15 is 0 Å². The van der Waals surface area contributed by atoms with Gasteiger partial charge in [0.05, 0.1) is 5.56 Å². The molecule has 1 aromatic carbocycles. The lowest BCUT2D eigenvalue weighted by Crippen LogP contribution is -2.52. The quantitative estimate of drug-likeness (QED) is 0.821. The molecular weight excluding hydrogens is 348 g/mol. The summed E-state index contributed by atoms with van der Waals surface area (Å²) in [5, 5.41) is 2.96. The molecule has 1 atom stereocenters. The topological polar surface area (TPSA) is 49.4 Å². The van der Waals surface area contributed by atoms with E-state index in [1.54, 1.807) is 6.92 Å². The van der Waals surface area contributed by atoms with Gasteiger partial charge in [-0.25, -0.2) is 12.8 Å². The molecule has 126 valence electrons. The van der Waals surface area contributed by atoms with Crippen LogP contribution in [0.4, 0.5) is 17.6 Å². The molecule has 0 radical (unpaired) electrons. The van der Waals surface area contributed by atoms with Gasteiger partial charge in [-0.2, -0.15) is 17.5 Å². The van der Waals surface area contributed by atoms with Crippen LogP contribution in [0.25, 0.3) is 0 Å². The predicted octanol–water partition coefficient (Wildman–Crippen LogP) is 2.25. The zero-order valence-electron chi connectivity index (χ0n) is 11.5. The Labute approximate surface area is 132 Å². The number of alkyl halides is 3. The van der Waals surface area contributed by atoms with Crippen molar-refractivity contribution >= 4 is 22.4 Å². The Bertz CT molecular complexity index is 637. The summed E-state index contributed by atoms with van der Waals surface area (Å²) < 4.78 is 77.5. The van der Waals surface area contributed by atoms with Gasteiger partial charge in [-0.3, -0.25) is 0 Å². The number of halogens is 5. The first-order chi connectivity index (χ1) is 9.64. The van der Waals surface area contributed by atoms with Crippen molar-refractivity contribution in [1.29, 1.82) is 0 Å². The van der Waals surface area contributed by atoms with E-state index in [0.717, 1.165) is 4.31 Å². The molecule has 1 saturated heterocycles. The van der Waals surface area contributed by atoms with Gasteiger partial charge in [-0.15, -0.1) is 12.4 Å². The Hall–Kier alpha value is -0.900. The van der Waals surface area contributed by atoms with Crippen molar-refractivity contribution in [2.24, 2.45) is 0 Å². The van der Waals surface area contributed by atoms with Crippen molar-refractivity contribution in [2.75, 3.05) is 19.6 Å². The third kappa shape index (κ3) is 3.70. The molecule has 22 heavy (non-hydrogen) atoms. The molecule has 0 aromatic heterocycles. The number of hydrogen-bond acceptors (Lipinski definition) is 3. The minimum absolute atomic E-state index is 0. The second-order valence-electron chi connectivity index (χ2n) is 4.81. The molecule has 1 aliphatic heterocycles. The van der Waals surface area contributed by atoms with Gasteiger partial charge >= 0.3 is 6.18 Å². The van der Waals surface area contributed by atoms with Crippen LogP contribution in [0.1, 0.15) is 12.5 Å². The Morgan fingerprint density at radius 3 is 2.50 bits per heavy atom. The van der Waals surface area contributed by atoms with E-state index in [1.807, 2.05) is 0 Å². The Morgan fingerprint density at radius 1 is 1.32 bits per heavy atom. The molecule has 0 saturated carbocycles. The molecule has 2 rings (SSSR count). The van der Waals surface area contributed by atoms with Crippen LogP contribution in [0.15, 0.2) is 23.1 Å². The number of piperazine rings is 1. The molecule has 10 heteroatoms. The van der Waals surface area contributed by atoms with Crippen LogP contribution >= 0.6 is 12.4 Å². The summed E-state index contributed by atoms with van der Waals surface area (Å²) in [5.41, 5.74) is -1.19. The number of rotatable bonds is 2. The lowest BCUT2D eigenvalue weighted by molar-refractivity contribution is -0.137. The van der Waals surface area contributed by atoms with Crippen molar-refractivity contribution < 1.29 is 26.0 Å². The van der Waals surface area contributed by atoms with E-state index < -0.39 is 38.5 Å². The summed E-state index contributed by atoms with van der Waals surface area (Å²) in [4.78, 5) is -0.939. The summed E-state index contributed by atoms with van der Waals surface area (Å²) in [6.07, 6.45) is -4.73. The van der Waals surface area contributed by atoms with Crippen LogP contribution in [0.5, 0.6) is 0 Å². The van der Waals surface area contributed by atoms with E-state index in [9.17, 15) is 26.0 Å². The molecular formula is C12H15ClF4N2O2S. The van der Waals surface area contributed by atoms with Crippen molar-refractivity contribution in [2.45, 2.75) is 24.0 Å². The highest BCUT2D eigenvalue weighted by Crippen LogP contribution is 2.32. The van der Waals surface area contributed by atoms with Crippen LogP contribution in [0, 0.1) is 5.82 Å². The SMILES string of the molecule is CC1CNCCN1S(=O)(=O)c1cc(C(F)(F)F)ccc1F.Cl. The number of hydrogen-bond donors (Lipinski definition) is 1. The zero-order chi connectivity index (χ0) is 15.8. The maximum Gasteiger partial charge on any atom is 0.416 e. The summed E-state index contributed by atoms with van der Waals surface area (Å²) in [7, 11) is -4.31. The van der Waals surface area contributed by atoms with E-state index in [4.69, 9.17) is 0 Å². The van der Waals surface area contributed by atoms with E-state index in [0.29, 0.717) is 31.3 Å². The Morgan fingerprint density at radius 2 is 1.95 bits per heavy atom. The highest BCUT2D eigenvalue weighted by molar-refractivity contribution is 7.89. The van der Waals surface area contributed by atoms with Crippen molar-refractivity contribution in [3.05, 3.63) is 29.6 Å². The molecule has 1 heterocycles. The average Bonchev–Trinajstić information content (AvgIpc) is 2.37. The summed E-state index contributed by atoms with van der Waals surface area (Å²) >= 11 is 0. The van der Waals surface area contributed by atoms with Gasteiger partial charge in [0, 0.05) is 25.7 Å². The van der Waals surface area contributed by atoms with Crippen molar-refractivity contribution in [1.82, 2.24) is 9.62 Å². The largest absolute Gasteiger partial charge is 0.416 e. The van der Waals surface area contributed by atoms with Gasteiger partial charge in [0.15, 0.2) is 0 Å². The monoisotopic (exact) mass is 362 g/mol. The molecule has 0 aliphatic carbocycles. The van der Waals surface area contributed by atoms with Crippen molar-refractivity contribution in [3.8, 4) is 0 Å². The lowest BCUT2D eigenvalue weighted by atomic mass is 10.2. The highest BCUT2D eigenvalue weighted by atomic mass is 35.5. The van der Waals surface area contributed by atoms with E-state index in [2.05, 4.69) is 5.32 Å². The maximum atomic E-state index is 13.7. The van der Waals surface area contributed by atoms with Crippen molar-refractivity contribution in [3.63, 3.8) is 0 Å². The Balaban J connectivity index is 0.00000242. The highest BCUT2D eigenvalue weighted by Gasteiger charge is 2.36. The molecule has 1 unspecified atom stereocenters. The van der Waals surface area contributed by atoms with E-state index in [-0.39, 0.29) is 19.0 Å². The minimum Gasteiger partial charge on any atom is -0.314 e. The fraction of sp³-hybridized carbons (Fsp3) is 0.500. The zero-order valence-corrected chi connectivity index (χ0v) is 13.2. The van der Waals surface area contributed by atoms with Gasteiger partial charge in [-0.05, 0) is 25.1 Å². The number of nitrogens with one attached hydrogen (secondary N) is 1. The lowest BCUT2D eigenvalue weighted by Gasteiger charge is -2.33. The second-order valence-corrected chi connectivity index (χ2v) is 6.67. The van der Waals surface area contributed by atoms with Crippen LogP contribution < -0.4 is 5.32 Å². The Kier molecular flexibility index (Phi) is 5.82. The van der Waals surface area contributed by atoms with Crippen LogP contribution in [-0.4, -0.2) is 38.4 Å². The smallest absolute Gasteiger partial charge is 0.314 e. The minimum atomic E-state index is -4.73. The first-order valence-electron chi connectivity index (χ1n) is 6.23. The predicted molar refractivity (Wildman–Crippen MR) is 74.9 cm³/mol. The molecule has 1 fully saturated rings. The first-order valence-corrected chi connectivity index (χ1v) is 7.67. The van der Waals surface area contributed by atoms with E-state index in [1.165, 1.54) is 0 Å². The molecule has 0 bridgehead atoms. The van der Waals surface area contributed by atoms with Gasteiger partial charge < -0.3 is 5.32 Å². The third-order valence-electron chi connectivity index (χ3n) is 3.29. The van der Waals surface area contributed by atoms with Crippen LogP contribution in [0.3, 0.4) is 0 Å². The molecule has 4 nitrogen and oxygen atoms in total. The van der Waals surface area contributed by atoms with Gasteiger partial charge in [0.2, 0.25) is 10.0 Å². The molecule has 1 aromatic rings. The summed E-state index contributed by atoms with van der Waals surface area (Å²) in [6.45, 7) is 2.42. The fourth-order valence-corrected chi connectivity index (χ4v) is 3.91. The molecule has 1 N–H and O–H groups in total. The van der Waals surface area contributed by atoms with Gasteiger partial charge in [0.25, 0.3) is 0 Å². The first kappa shape index (κ1) is 19.1. The van der Waals surface area contributed by atoms with Crippen LogP contribution in [0.2, 0.25) is 0 Å². The maximum absolute atomic E-state index is 13.7. The fourth-order valence-electron chi connectivity index (χ4n) is 2.18.